The van der Waals surface area contributed by atoms with E-state index in [1.807, 2.05) is 0 Å². The summed E-state index contributed by atoms with van der Waals surface area (Å²) < 4.78 is 5.47. The molecular formula is C9H15NO. The molecule has 0 heterocycles. The van der Waals surface area contributed by atoms with Gasteiger partial charge in [0, 0.05) is 19.1 Å². The Kier molecular flexibility index (Phi) is 3.41. The van der Waals surface area contributed by atoms with Gasteiger partial charge in [-0.2, -0.15) is 0 Å². The molecule has 2 N–H and O–H groups in total. The Labute approximate surface area is 68.1 Å². The summed E-state index contributed by atoms with van der Waals surface area (Å²) in [5, 5.41) is 0. The van der Waals surface area contributed by atoms with Gasteiger partial charge in [0.2, 0.25) is 0 Å². The average Bonchev–Trinajstić information content (AvgIpc) is 1.94. The number of rotatable bonds is 4. The fourth-order valence-corrected chi connectivity index (χ4v) is 1.17. The molecule has 0 aromatic carbocycles. The molecule has 0 aromatic rings. The third-order valence-corrected chi connectivity index (χ3v) is 1.95. The summed E-state index contributed by atoms with van der Waals surface area (Å²) in [5.41, 5.74) is 5.59. The van der Waals surface area contributed by atoms with Crippen LogP contribution in [0.2, 0.25) is 0 Å². The van der Waals surface area contributed by atoms with Gasteiger partial charge in [-0.25, -0.2) is 0 Å². The van der Waals surface area contributed by atoms with Crippen molar-refractivity contribution in [3.63, 3.8) is 0 Å². The molecule has 1 aliphatic rings. The minimum Gasteiger partial charge on any atom is -0.378 e. The van der Waals surface area contributed by atoms with Crippen molar-refractivity contribution in [3.8, 4) is 12.3 Å². The normalized spacial score (nSPS) is 29.1. The van der Waals surface area contributed by atoms with E-state index in [9.17, 15) is 0 Å². The number of ether oxygens (including phenoxy) is 1. The molecule has 2 nitrogen and oxygen atoms in total. The second-order valence-electron chi connectivity index (χ2n) is 3.03. The highest BCUT2D eigenvalue weighted by Gasteiger charge is 2.25. The molecule has 1 saturated carbocycles. The number of terminal acetylenes is 1. The maximum atomic E-state index is 5.59. The van der Waals surface area contributed by atoms with Gasteiger partial charge >= 0.3 is 0 Å². The standard InChI is InChI=1S/C9H15NO/c1-2-3-4-5-11-9-6-8(10)7-9/h1,8-9H,3-7,10H2. The highest BCUT2D eigenvalue weighted by atomic mass is 16.5. The van der Waals surface area contributed by atoms with Gasteiger partial charge in [-0.3, -0.25) is 0 Å². The van der Waals surface area contributed by atoms with Crippen molar-refractivity contribution in [1.82, 2.24) is 0 Å². The van der Waals surface area contributed by atoms with E-state index in [-0.39, 0.29) is 0 Å². The Hall–Kier alpha value is -0.520. The van der Waals surface area contributed by atoms with E-state index in [0.29, 0.717) is 12.1 Å². The van der Waals surface area contributed by atoms with Crippen LogP contribution in [0, 0.1) is 12.3 Å². The minimum atomic E-state index is 0.382. The van der Waals surface area contributed by atoms with Crippen molar-refractivity contribution in [1.29, 1.82) is 0 Å². The Morgan fingerprint density at radius 2 is 2.27 bits per heavy atom. The Morgan fingerprint density at radius 3 is 2.82 bits per heavy atom. The lowest BCUT2D eigenvalue weighted by molar-refractivity contribution is -0.00875. The van der Waals surface area contributed by atoms with Gasteiger partial charge in [-0.1, -0.05) is 0 Å². The first-order valence-corrected chi connectivity index (χ1v) is 4.13. The summed E-state index contributed by atoms with van der Waals surface area (Å²) in [5.74, 6) is 2.58. The van der Waals surface area contributed by atoms with Crippen LogP contribution in [0.15, 0.2) is 0 Å². The van der Waals surface area contributed by atoms with Gasteiger partial charge in [0.05, 0.1) is 6.10 Å². The van der Waals surface area contributed by atoms with Crippen molar-refractivity contribution in [2.24, 2.45) is 5.73 Å². The molecule has 0 spiro atoms. The highest BCUT2D eigenvalue weighted by molar-refractivity contribution is 4.84. The van der Waals surface area contributed by atoms with Crippen molar-refractivity contribution < 1.29 is 4.74 Å². The van der Waals surface area contributed by atoms with Crippen LogP contribution in [0.5, 0.6) is 0 Å². The van der Waals surface area contributed by atoms with Gasteiger partial charge < -0.3 is 10.5 Å². The lowest BCUT2D eigenvalue weighted by Crippen LogP contribution is -2.41. The molecule has 0 aromatic heterocycles. The average molecular weight is 153 g/mol. The van der Waals surface area contributed by atoms with E-state index in [1.165, 1.54) is 0 Å². The highest BCUT2D eigenvalue weighted by Crippen LogP contribution is 2.21. The summed E-state index contributed by atoms with van der Waals surface area (Å²) in [4.78, 5) is 0. The first-order chi connectivity index (χ1) is 5.33. The quantitative estimate of drug-likeness (QED) is 0.481. The second-order valence-corrected chi connectivity index (χ2v) is 3.03. The minimum absolute atomic E-state index is 0.382. The van der Waals surface area contributed by atoms with Gasteiger partial charge in [-0.15, -0.1) is 12.3 Å². The molecule has 1 aliphatic carbocycles. The van der Waals surface area contributed by atoms with E-state index in [0.717, 1.165) is 32.3 Å². The smallest absolute Gasteiger partial charge is 0.0604 e. The molecule has 11 heavy (non-hydrogen) atoms. The van der Waals surface area contributed by atoms with E-state index in [1.54, 1.807) is 0 Å². The Morgan fingerprint density at radius 1 is 1.55 bits per heavy atom. The Bertz CT molecular complexity index is 144. The fourth-order valence-electron chi connectivity index (χ4n) is 1.17. The predicted octanol–water partition coefficient (Wildman–Crippen LogP) is 0.906. The van der Waals surface area contributed by atoms with Crippen molar-refractivity contribution in [2.45, 2.75) is 37.8 Å². The molecule has 0 radical (unpaired) electrons. The van der Waals surface area contributed by atoms with Crippen LogP contribution in [-0.2, 0) is 4.74 Å². The molecule has 1 rings (SSSR count). The summed E-state index contributed by atoms with van der Waals surface area (Å²) in [6.07, 6.45) is 9.35. The van der Waals surface area contributed by atoms with Gasteiger partial charge in [-0.05, 0) is 19.3 Å². The van der Waals surface area contributed by atoms with Crippen LogP contribution >= 0.6 is 0 Å². The van der Waals surface area contributed by atoms with Crippen LogP contribution in [-0.4, -0.2) is 18.8 Å². The molecule has 0 aliphatic heterocycles. The van der Waals surface area contributed by atoms with Gasteiger partial charge in [0.25, 0.3) is 0 Å². The number of nitrogens with two attached hydrogens (primary N) is 1. The van der Waals surface area contributed by atoms with Crippen molar-refractivity contribution >= 4 is 0 Å². The molecular weight excluding hydrogens is 138 g/mol. The largest absolute Gasteiger partial charge is 0.378 e. The molecule has 0 unspecified atom stereocenters. The molecule has 0 atom stereocenters. The Balaban J connectivity index is 1.86. The molecule has 0 bridgehead atoms. The zero-order chi connectivity index (χ0) is 8.10. The van der Waals surface area contributed by atoms with E-state index >= 15 is 0 Å². The summed E-state index contributed by atoms with van der Waals surface area (Å²) in [6, 6.07) is 0.382. The maximum absolute atomic E-state index is 5.59. The van der Waals surface area contributed by atoms with Crippen LogP contribution in [0.4, 0.5) is 0 Å². The van der Waals surface area contributed by atoms with Crippen LogP contribution in [0.3, 0.4) is 0 Å². The number of hydrogen-bond donors (Lipinski definition) is 1. The molecule has 62 valence electrons. The third-order valence-electron chi connectivity index (χ3n) is 1.95. The summed E-state index contributed by atoms with van der Waals surface area (Å²) >= 11 is 0. The number of unbranched alkanes of at least 4 members (excludes halogenated alkanes) is 1. The second kappa shape index (κ2) is 4.38. The SMILES string of the molecule is C#CCCCOC1CC(N)C1. The summed E-state index contributed by atoms with van der Waals surface area (Å²) in [7, 11) is 0. The molecule has 0 saturated heterocycles. The lowest BCUT2D eigenvalue weighted by Gasteiger charge is -2.32. The molecule has 0 amide bonds. The van der Waals surface area contributed by atoms with Crippen molar-refractivity contribution in [2.75, 3.05) is 6.61 Å². The molecule has 1 fully saturated rings. The summed E-state index contributed by atoms with van der Waals surface area (Å²) in [6.45, 7) is 0.793. The van der Waals surface area contributed by atoms with E-state index in [4.69, 9.17) is 16.9 Å². The maximum Gasteiger partial charge on any atom is 0.0604 e. The zero-order valence-electron chi connectivity index (χ0n) is 6.75. The van der Waals surface area contributed by atoms with Crippen LogP contribution in [0.1, 0.15) is 25.7 Å². The zero-order valence-corrected chi connectivity index (χ0v) is 6.75. The van der Waals surface area contributed by atoms with Crippen LogP contribution < -0.4 is 5.73 Å². The van der Waals surface area contributed by atoms with E-state index in [2.05, 4.69) is 5.92 Å². The first-order valence-electron chi connectivity index (χ1n) is 4.13. The first kappa shape index (κ1) is 8.58. The van der Waals surface area contributed by atoms with Gasteiger partial charge in [0.15, 0.2) is 0 Å². The predicted molar refractivity (Wildman–Crippen MR) is 45.0 cm³/mol. The third kappa shape index (κ3) is 2.92. The van der Waals surface area contributed by atoms with Gasteiger partial charge in [0.1, 0.15) is 0 Å². The van der Waals surface area contributed by atoms with E-state index < -0.39 is 0 Å². The topological polar surface area (TPSA) is 35.2 Å². The fraction of sp³-hybridized carbons (Fsp3) is 0.778. The molecule has 2 heteroatoms. The van der Waals surface area contributed by atoms with Crippen LogP contribution in [0.25, 0.3) is 0 Å². The number of hydrogen-bond acceptors (Lipinski definition) is 2. The monoisotopic (exact) mass is 153 g/mol. The lowest BCUT2D eigenvalue weighted by atomic mass is 9.90. The van der Waals surface area contributed by atoms with Crippen molar-refractivity contribution in [3.05, 3.63) is 0 Å².